The molecule has 0 unspecified atom stereocenters. The molecule has 1 rings (SSSR count). The molecule has 0 aromatic carbocycles. The first-order chi connectivity index (χ1) is 16.8. The number of carbonyl (C=O) groups excluding carboxylic acids is 2. The molecule has 1 aliphatic rings. The predicted octanol–water partition coefficient (Wildman–Crippen LogP) is 4.07. The number of allylic oxidation sites excluding steroid dienone is 9. The van der Waals surface area contributed by atoms with E-state index in [0.717, 1.165) is 51.0 Å². The van der Waals surface area contributed by atoms with Gasteiger partial charge < -0.3 is 21.7 Å². The monoisotopic (exact) mass is 481 g/mol. The van der Waals surface area contributed by atoms with Crippen LogP contribution in [0.25, 0.3) is 0 Å². The number of hydrogen-bond acceptors (Lipinski definition) is 7. The van der Waals surface area contributed by atoms with Crippen molar-refractivity contribution < 1.29 is 9.59 Å². The Hall–Kier alpha value is -3.19. The topological polar surface area (TPSA) is 114 Å². The van der Waals surface area contributed by atoms with Crippen LogP contribution in [-0.2, 0) is 9.59 Å². The molecule has 0 spiro atoms. The lowest BCUT2D eigenvalue weighted by Gasteiger charge is -2.29. The van der Waals surface area contributed by atoms with Crippen molar-refractivity contribution in [3.63, 3.8) is 0 Å². The van der Waals surface area contributed by atoms with Crippen LogP contribution in [0.4, 0.5) is 0 Å². The molecule has 0 radical (unpaired) electrons. The Morgan fingerprint density at radius 3 is 2.29 bits per heavy atom. The molecule has 5 N–H and O–H groups in total. The van der Waals surface area contributed by atoms with Crippen molar-refractivity contribution in [1.82, 2.24) is 10.2 Å². The lowest BCUT2D eigenvalue weighted by atomic mass is 9.92. The van der Waals surface area contributed by atoms with Crippen LogP contribution in [0.2, 0.25) is 0 Å². The number of nitrogens with zero attached hydrogens (tertiary/aromatic N) is 2. The molecule has 1 aliphatic heterocycles. The van der Waals surface area contributed by atoms with E-state index >= 15 is 0 Å². The summed E-state index contributed by atoms with van der Waals surface area (Å²) >= 11 is 0. The number of ketones is 2. The number of hydrogen-bond donors (Lipinski definition) is 3. The zero-order chi connectivity index (χ0) is 26.2. The summed E-state index contributed by atoms with van der Waals surface area (Å²) in [5, 5.41) is 3.33. The Labute approximate surface area is 211 Å². The van der Waals surface area contributed by atoms with E-state index in [0.29, 0.717) is 41.2 Å². The largest absolute Gasteiger partial charge is 0.402 e. The number of Topliss-reactive ketones (excluding diaryl/α,β-unsaturated/α-hetero) is 1. The van der Waals surface area contributed by atoms with Crippen LogP contribution in [0.5, 0.6) is 0 Å². The normalized spacial score (nSPS) is 17.0. The lowest BCUT2D eigenvalue weighted by molar-refractivity contribution is -0.131. The Balaban J connectivity index is 3.47. The highest BCUT2D eigenvalue weighted by Gasteiger charge is 2.22. The molecule has 7 nitrogen and oxygen atoms in total. The molecule has 1 heterocycles. The van der Waals surface area contributed by atoms with E-state index in [-0.39, 0.29) is 0 Å². The smallest absolute Gasteiger partial charge is 0.232 e. The minimum absolute atomic E-state index is 0.338. The first-order valence-electron chi connectivity index (χ1n) is 12.5. The van der Waals surface area contributed by atoms with Crippen molar-refractivity contribution in [1.29, 1.82) is 0 Å². The summed E-state index contributed by atoms with van der Waals surface area (Å²) in [5.74, 6) is -0.428. The number of piperazine rings is 1. The lowest BCUT2D eigenvalue weighted by Crippen LogP contribution is -2.42. The van der Waals surface area contributed by atoms with E-state index in [1.165, 1.54) is 6.08 Å². The quantitative estimate of drug-likeness (QED) is 0.149. The third-order valence-electron chi connectivity index (χ3n) is 5.52. The third-order valence-corrected chi connectivity index (χ3v) is 5.52. The van der Waals surface area contributed by atoms with Crippen LogP contribution in [-0.4, -0.2) is 48.9 Å². The van der Waals surface area contributed by atoms with E-state index in [2.05, 4.69) is 28.7 Å². The molecule has 1 fully saturated rings. The first-order valence-corrected chi connectivity index (χ1v) is 12.5. The van der Waals surface area contributed by atoms with Crippen molar-refractivity contribution >= 4 is 17.8 Å². The van der Waals surface area contributed by atoms with Crippen molar-refractivity contribution in [2.45, 2.75) is 59.8 Å². The van der Waals surface area contributed by atoms with Gasteiger partial charge in [0.25, 0.3) is 0 Å². The molecule has 0 atom stereocenters. The van der Waals surface area contributed by atoms with Crippen LogP contribution >= 0.6 is 0 Å². The van der Waals surface area contributed by atoms with Gasteiger partial charge in [0.15, 0.2) is 0 Å². The van der Waals surface area contributed by atoms with Gasteiger partial charge in [-0.25, -0.2) is 4.99 Å². The number of aliphatic imine (C=N–C) groups is 1. The van der Waals surface area contributed by atoms with Crippen LogP contribution in [0, 0.1) is 0 Å². The molecule has 7 heteroatoms. The fourth-order valence-electron chi connectivity index (χ4n) is 3.82. The minimum atomic E-state index is -0.572. The van der Waals surface area contributed by atoms with Crippen molar-refractivity contribution in [2.24, 2.45) is 16.5 Å². The molecule has 1 saturated heterocycles. The Morgan fingerprint density at radius 2 is 1.74 bits per heavy atom. The summed E-state index contributed by atoms with van der Waals surface area (Å²) in [6.07, 6.45) is 13.7. The number of nitrogens with two attached hydrogens (primary N) is 2. The second kappa shape index (κ2) is 16.4. The SMILES string of the molecule is C=C/C=N\C(=CC(N)=C(CCCC)/C(=C\C)C(=O)C(=O)/C=C(\C=C(\C)N)CCC)N1CCNCC1. The highest BCUT2D eigenvalue weighted by atomic mass is 16.2. The summed E-state index contributed by atoms with van der Waals surface area (Å²) in [4.78, 5) is 32.9. The van der Waals surface area contributed by atoms with E-state index in [4.69, 9.17) is 11.5 Å². The Bertz CT molecular complexity index is 925. The van der Waals surface area contributed by atoms with Gasteiger partial charge >= 0.3 is 0 Å². The van der Waals surface area contributed by atoms with Crippen molar-refractivity contribution in [2.75, 3.05) is 26.2 Å². The summed E-state index contributed by atoms with van der Waals surface area (Å²) in [5.41, 5.74) is 15.2. The maximum Gasteiger partial charge on any atom is 0.232 e. The van der Waals surface area contributed by atoms with Gasteiger partial charge in [0.1, 0.15) is 5.82 Å². The summed E-state index contributed by atoms with van der Waals surface area (Å²) in [7, 11) is 0. The second-order valence-electron chi connectivity index (χ2n) is 8.54. The molecule has 0 aromatic heterocycles. The number of rotatable bonds is 14. The zero-order valence-corrected chi connectivity index (χ0v) is 21.9. The average molecular weight is 482 g/mol. The van der Waals surface area contributed by atoms with E-state index in [1.807, 2.05) is 6.92 Å². The van der Waals surface area contributed by atoms with Crippen LogP contribution in [0.3, 0.4) is 0 Å². The molecule has 0 amide bonds. The van der Waals surface area contributed by atoms with Gasteiger partial charge in [0.05, 0.1) is 0 Å². The molecule has 0 bridgehead atoms. The molecular weight excluding hydrogens is 438 g/mol. The summed E-state index contributed by atoms with van der Waals surface area (Å²) in [6, 6.07) is 0. The molecule has 35 heavy (non-hydrogen) atoms. The van der Waals surface area contributed by atoms with Crippen molar-refractivity contribution in [3.05, 3.63) is 70.9 Å². The van der Waals surface area contributed by atoms with E-state index in [1.54, 1.807) is 44.4 Å². The van der Waals surface area contributed by atoms with Crippen molar-refractivity contribution in [3.8, 4) is 0 Å². The molecule has 0 saturated carbocycles. The highest BCUT2D eigenvalue weighted by molar-refractivity contribution is 6.48. The molecular formula is C28H43N5O2. The molecule has 0 aromatic rings. The summed E-state index contributed by atoms with van der Waals surface area (Å²) in [6.45, 7) is 14.6. The maximum atomic E-state index is 13.3. The second-order valence-corrected chi connectivity index (χ2v) is 8.54. The van der Waals surface area contributed by atoms with Gasteiger partial charge in [-0.2, -0.15) is 0 Å². The first kappa shape index (κ1) is 29.8. The standard InChI is InChI=1S/C28H43N5O2/c1-6-10-12-24(25(30)20-27(32-13-8-3)33-16-14-31-15-17-33)23(9-4)28(35)26(34)19-22(11-7-2)18-21(5)29/h8-9,13,18-20,31H,3,6-7,10-12,14-17,29-30H2,1-2,4-5H3/b21-18-,22-19-,23-9+,25-24?,27-20?,32-13-. The molecule has 0 aliphatic carbocycles. The maximum absolute atomic E-state index is 13.3. The van der Waals surface area contributed by atoms with Gasteiger partial charge in [-0.05, 0) is 56.4 Å². The fourth-order valence-corrected chi connectivity index (χ4v) is 3.82. The average Bonchev–Trinajstić information content (AvgIpc) is 2.84. The number of carbonyl (C=O) groups is 2. The predicted molar refractivity (Wildman–Crippen MR) is 147 cm³/mol. The Kier molecular flexibility index (Phi) is 14.0. The highest BCUT2D eigenvalue weighted by Crippen LogP contribution is 2.24. The van der Waals surface area contributed by atoms with Gasteiger partial charge in [-0.15, -0.1) is 0 Å². The third kappa shape index (κ3) is 10.3. The van der Waals surface area contributed by atoms with Gasteiger partial charge in [0, 0.05) is 55.4 Å². The van der Waals surface area contributed by atoms with Gasteiger partial charge in [0.2, 0.25) is 11.6 Å². The Morgan fingerprint density at radius 1 is 1.06 bits per heavy atom. The number of nitrogens with one attached hydrogen (secondary N) is 1. The fraction of sp³-hybridized carbons (Fsp3) is 0.464. The number of unbranched alkanes of at least 4 members (excludes halogenated alkanes) is 1. The summed E-state index contributed by atoms with van der Waals surface area (Å²) < 4.78 is 0. The van der Waals surface area contributed by atoms with Crippen LogP contribution in [0.15, 0.2) is 75.9 Å². The minimum Gasteiger partial charge on any atom is -0.402 e. The van der Waals surface area contributed by atoms with Gasteiger partial charge in [-0.3, -0.25) is 9.59 Å². The molecule has 192 valence electrons. The van der Waals surface area contributed by atoms with Crippen LogP contribution < -0.4 is 16.8 Å². The van der Waals surface area contributed by atoms with E-state index < -0.39 is 11.6 Å². The zero-order valence-electron chi connectivity index (χ0n) is 21.9. The van der Waals surface area contributed by atoms with Crippen LogP contribution in [0.1, 0.15) is 59.8 Å². The van der Waals surface area contributed by atoms with Gasteiger partial charge in [-0.1, -0.05) is 45.4 Å². The van der Waals surface area contributed by atoms with E-state index in [9.17, 15) is 9.59 Å².